The Morgan fingerprint density at radius 2 is 1.66 bits per heavy atom. The minimum atomic E-state index is -0.550. The van der Waals surface area contributed by atoms with Crippen molar-refractivity contribution in [2.24, 2.45) is 5.92 Å². The fourth-order valence-electron chi connectivity index (χ4n) is 3.54. The van der Waals surface area contributed by atoms with Crippen LogP contribution in [0.4, 0.5) is 0 Å². The molecule has 2 amide bonds. The Bertz CT molecular complexity index is 875. The van der Waals surface area contributed by atoms with E-state index in [4.69, 9.17) is 4.74 Å². The highest BCUT2D eigenvalue weighted by Crippen LogP contribution is 2.26. The molecule has 1 atom stereocenters. The molecule has 1 N–H and O–H groups in total. The lowest BCUT2D eigenvalue weighted by molar-refractivity contribution is -0.143. The summed E-state index contributed by atoms with van der Waals surface area (Å²) in [4.78, 5) is 27.9. The number of hydrogen-bond acceptors (Lipinski definition) is 3. The van der Waals surface area contributed by atoms with Crippen molar-refractivity contribution < 1.29 is 14.3 Å². The second-order valence-corrected chi connectivity index (χ2v) is 9.05. The second-order valence-electron chi connectivity index (χ2n) is 9.05. The highest BCUT2D eigenvalue weighted by molar-refractivity contribution is 5.88. The maximum Gasteiger partial charge on any atom is 0.261 e. The standard InChI is InChI=1S/C27H38N2O3/c1-7-24(27(31)28-16-19(2)3)29(17-22-14-12-21(6)13-15-22)26(30)18-32-25-11-9-8-10-23(25)20(4)5/h8-15,19-20,24H,7,16-18H2,1-6H3,(H,28,31)/t24-/m0/s1. The van der Waals surface area contributed by atoms with Gasteiger partial charge in [0.25, 0.3) is 5.91 Å². The van der Waals surface area contributed by atoms with Crippen molar-refractivity contribution in [2.45, 2.75) is 66.5 Å². The number of carbonyl (C=O) groups is 2. The number of para-hydroxylation sites is 1. The number of benzene rings is 2. The molecule has 0 spiro atoms. The van der Waals surface area contributed by atoms with Gasteiger partial charge >= 0.3 is 0 Å². The fraction of sp³-hybridized carbons (Fsp3) is 0.481. The number of amides is 2. The molecule has 5 nitrogen and oxygen atoms in total. The third kappa shape index (κ3) is 7.40. The maximum absolute atomic E-state index is 13.3. The lowest BCUT2D eigenvalue weighted by Crippen LogP contribution is -2.50. The molecule has 0 saturated carbocycles. The van der Waals surface area contributed by atoms with Crippen LogP contribution in [0.25, 0.3) is 0 Å². The van der Waals surface area contributed by atoms with Crippen molar-refractivity contribution >= 4 is 11.8 Å². The topological polar surface area (TPSA) is 58.6 Å². The average Bonchev–Trinajstić information content (AvgIpc) is 2.77. The zero-order chi connectivity index (χ0) is 23.7. The number of rotatable bonds is 11. The van der Waals surface area contributed by atoms with Gasteiger partial charge in [-0.15, -0.1) is 0 Å². The summed E-state index contributed by atoms with van der Waals surface area (Å²) in [6.07, 6.45) is 0.532. The highest BCUT2D eigenvalue weighted by atomic mass is 16.5. The molecular formula is C27H38N2O3. The first kappa shape index (κ1) is 25.4. The zero-order valence-electron chi connectivity index (χ0n) is 20.4. The van der Waals surface area contributed by atoms with Crippen LogP contribution in [0.1, 0.15) is 63.6 Å². The van der Waals surface area contributed by atoms with Gasteiger partial charge in [-0.05, 0) is 42.4 Å². The summed E-state index contributed by atoms with van der Waals surface area (Å²) in [5, 5.41) is 2.99. The molecule has 32 heavy (non-hydrogen) atoms. The van der Waals surface area contributed by atoms with Gasteiger partial charge in [-0.3, -0.25) is 9.59 Å². The Balaban J connectivity index is 2.23. The molecule has 0 fully saturated rings. The lowest BCUT2D eigenvalue weighted by atomic mass is 10.0. The van der Waals surface area contributed by atoms with E-state index in [1.165, 1.54) is 0 Å². The molecule has 2 aromatic rings. The van der Waals surface area contributed by atoms with Crippen LogP contribution < -0.4 is 10.1 Å². The minimum absolute atomic E-state index is 0.108. The van der Waals surface area contributed by atoms with Crippen molar-refractivity contribution in [3.05, 3.63) is 65.2 Å². The van der Waals surface area contributed by atoms with Crippen molar-refractivity contribution in [3.8, 4) is 5.75 Å². The van der Waals surface area contributed by atoms with Crippen molar-refractivity contribution in [1.29, 1.82) is 0 Å². The molecule has 5 heteroatoms. The maximum atomic E-state index is 13.3. The monoisotopic (exact) mass is 438 g/mol. The first-order chi connectivity index (χ1) is 15.2. The average molecular weight is 439 g/mol. The number of nitrogens with zero attached hydrogens (tertiary/aromatic N) is 1. The highest BCUT2D eigenvalue weighted by Gasteiger charge is 2.29. The normalized spacial score (nSPS) is 12.0. The first-order valence-electron chi connectivity index (χ1n) is 11.6. The summed E-state index contributed by atoms with van der Waals surface area (Å²) in [6.45, 7) is 13.1. The number of aryl methyl sites for hydroxylation is 1. The van der Waals surface area contributed by atoms with Crippen LogP contribution in [0, 0.1) is 12.8 Å². The van der Waals surface area contributed by atoms with Gasteiger partial charge in [0, 0.05) is 13.1 Å². The van der Waals surface area contributed by atoms with Gasteiger partial charge in [-0.25, -0.2) is 0 Å². The summed E-state index contributed by atoms with van der Waals surface area (Å²) >= 11 is 0. The molecule has 0 saturated heterocycles. The van der Waals surface area contributed by atoms with Crippen molar-refractivity contribution in [1.82, 2.24) is 10.2 Å². The predicted molar refractivity (Wildman–Crippen MR) is 130 cm³/mol. The summed E-state index contributed by atoms with van der Waals surface area (Å²) in [5.41, 5.74) is 3.20. The van der Waals surface area contributed by atoms with Gasteiger partial charge in [-0.2, -0.15) is 0 Å². The number of hydrogen-bond donors (Lipinski definition) is 1. The van der Waals surface area contributed by atoms with Crippen molar-refractivity contribution in [3.63, 3.8) is 0 Å². The molecule has 2 rings (SSSR count). The number of nitrogens with one attached hydrogen (secondary N) is 1. The van der Waals surface area contributed by atoms with Gasteiger partial charge in [0.15, 0.2) is 6.61 Å². The van der Waals surface area contributed by atoms with Crippen LogP contribution in [0.15, 0.2) is 48.5 Å². The molecule has 2 aromatic carbocycles. The largest absolute Gasteiger partial charge is 0.483 e. The fourth-order valence-corrected chi connectivity index (χ4v) is 3.54. The van der Waals surface area contributed by atoms with E-state index in [0.717, 1.165) is 16.7 Å². The van der Waals surface area contributed by atoms with E-state index in [0.29, 0.717) is 31.2 Å². The quantitative estimate of drug-likeness (QED) is 0.532. The SMILES string of the molecule is CC[C@@H](C(=O)NCC(C)C)N(Cc1ccc(C)cc1)C(=O)COc1ccccc1C(C)C. The third-order valence-electron chi connectivity index (χ3n) is 5.44. The molecule has 0 radical (unpaired) electrons. The van der Waals surface area contributed by atoms with E-state index in [-0.39, 0.29) is 24.3 Å². The van der Waals surface area contributed by atoms with Crippen LogP contribution in [-0.4, -0.2) is 35.9 Å². The molecule has 0 aliphatic heterocycles. The molecule has 0 aliphatic rings. The summed E-state index contributed by atoms with van der Waals surface area (Å²) in [6, 6.07) is 15.3. The van der Waals surface area contributed by atoms with E-state index < -0.39 is 6.04 Å². The van der Waals surface area contributed by atoms with E-state index in [1.54, 1.807) is 4.90 Å². The molecule has 0 bridgehead atoms. The number of carbonyl (C=O) groups excluding carboxylic acids is 2. The Labute approximate surface area is 193 Å². The lowest BCUT2D eigenvalue weighted by Gasteiger charge is -2.31. The van der Waals surface area contributed by atoms with Crippen LogP contribution in [-0.2, 0) is 16.1 Å². The van der Waals surface area contributed by atoms with Gasteiger partial charge in [0.05, 0.1) is 0 Å². The second kappa shape index (κ2) is 12.3. The smallest absolute Gasteiger partial charge is 0.261 e. The zero-order valence-corrected chi connectivity index (χ0v) is 20.4. The molecule has 0 aromatic heterocycles. The van der Waals surface area contributed by atoms with Gasteiger partial charge in [0.2, 0.25) is 5.91 Å². The van der Waals surface area contributed by atoms with E-state index in [9.17, 15) is 9.59 Å². The van der Waals surface area contributed by atoms with Gasteiger partial charge < -0.3 is 15.0 Å². The van der Waals surface area contributed by atoms with Crippen molar-refractivity contribution in [2.75, 3.05) is 13.2 Å². The van der Waals surface area contributed by atoms with Crippen LogP contribution >= 0.6 is 0 Å². The third-order valence-corrected chi connectivity index (χ3v) is 5.44. The molecule has 0 heterocycles. The number of ether oxygens (including phenoxy) is 1. The minimum Gasteiger partial charge on any atom is -0.483 e. The molecule has 0 aliphatic carbocycles. The summed E-state index contributed by atoms with van der Waals surface area (Å²) in [7, 11) is 0. The Morgan fingerprint density at radius 3 is 2.25 bits per heavy atom. The predicted octanol–water partition coefficient (Wildman–Crippen LogP) is 5.08. The Hall–Kier alpha value is -2.82. The van der Waals surface area contributed by atoms with Crippen LogP contribution in [0.2, 0.25) is 0 Å². The Kier molecular flexibility index (Phi) is 9.76. The Morgan fingerprint density at radius 1 is 1.00 bits per heavy atom. The molecule has 174 valence electrons. The first-order valence-corrected chi connectivity index (χ1v) is 11.6. The van der Waals surface area contributed by atoms with Gasteiger partial charge in [-0.1, -0.05) is 82.6 Å². The van der Waals surface area contributed by atoms with Crippen LogP contribution in [0.3, 0.4) is 0 Å². The van der Waals surface area contributed by atoms with E-state index >= 15 is 0 Å². The molecular weight excluding hydrogens is 400 g/mol. The van der Waals surface area contributed by atoms with Gasteiger partial charge in [0.1, 0.15) is 11.8 Å². The van der Waals surface area contributed by atoms with Crippen LogP contribution in [0.5, 0.6) is 5.75 Å². The summed E-state index contributed by atoms with van der Waals surface area (Å²) < 4.78 is 5.95. The van der Waals surface area contributed by atoms with E-state index in [1.807, 2.05) is 62.4 Å². The van der Waals surface area contributed by atoms with E-state index in [2.05, 4.69) is 33.0 Å². The summed E-state index contributed by atoms with van der Waals surface area (Å²) in [5.74, 6) is 1.02. The molecule has 0 unspecified atom stereocenters.